The van der Waals surface area contributed by atoms with Gasteiger partial charge in [-0.05, 0) is 24.1 Å². The lowest BCUT2D eigenvalue weighted by Crippen LogP contribution is -2.43. The average Bonchev–Trinajstić information content (AvgIpc) is 2.93. The lowest BCUT2D eigenvalue weighted by Gasteiger charge is -2.25. The fraction of sp³-hybridized carbons (Fsp3) is 0.211. The SMILES string of the molecule is CCC1(c2ccccc2)NC(=O)N(Cc2ccc(C(N)=O)cc2[N+](=O)[O-])C1=O. The van der Waals surface area contributed by atoms with Gasteiger partial charge in [-0.1, -0.05) is 37.3 Å². The number of hydrogen-bond donors (Lipinski definition) is 2. The van der Waals surface area contributed by atoms with E-state index in [0.29, 0.717) is 12.0 Å². The first-order valence-electron chi connectivity index (χ1n) is 8.57. The van der Waals surface area contributed by atoms with Crippen molar-refractivity contribution in [3.05, 3.63) is 75.3 Å². The number of nitro groups is 1. The number of benzene rings is 2. The molecule has 1 aliphatic rings. The van der Waals surface area contributed by atoms with E-state index in [1.807, 2.05) is 0 Å². The second-order valence-electron chi connectivity index (χ2n) is 6.41. The van der Waals surface area contributed by atoms with Crippen molar-refractivity contribution in [3.63, 3.8) is 0 Å². The zero-order valence-corrected chi connectivity index (χ0v) is 15.0. The quantitative estimate of drug-likeness (QED) is 0.448. The highest BCUT2D eigenvalue weighted by atomic mass is 16.6. The Hall–Kier alpha value is -3.75. The number of carbonyl (C=O) groups is 3. The van der Waals surface area contributed by atoms with Gasteiger partial charge in [0.05, 0.1) is 11.5 Å². The lowest BCUT2D eigenvalue weighted by atomic mass is 9.87. The van der Waals surface area contributed by atoms with Crippen LogP contribution in [0.1, 0.15) is 34.8 Å². The van der Waals surface area contributed by atoms with Gasteiger partial charge in [-0.25, -0.2) is 4.79 Å². The van der Waals surface area contributed by atoms with Crippen molar-refractivity contribution >= 4 is 23.5 Å². The number of nitrogens with two attached hydrogens (primary N) is 1. The van der Waals surface area contributed by atoms with Crippen LogP contribution in [0.4, 0.5) is 10.5 Å². The Morgan fingerprint density at radius 2 is 1.89 bits per heavy atom. The van der Waals surface area contributed by atoms with E-state index in [9.17, 15) is 24.5 Å². The highest BCUT2D eigenvalue weighted by Gasteiger charge is 2.51. The van der Waals surface area contributed by atoms with Gasteiger partial charge >= 0.3 is 6.03 Å². The lowest BCUT2D eigenvalue weighted by molar-refractivity contribution is -0.385. The summed E-state index contributed by atoms with van der Waals surface area (Å²) in [5, 5.41) is 14.1. The van der Waals surface area contributed by atoms with Crippen molar-refractivity contribution in [1.82, 2.24) is 10.2 Å². The summed E-state index contributed by atoms with van der Waals surface area (Å²) in [4.78, 5) is 48.6. The molecule has 4 amide bonds. The summed E-state index contributed by atoms with van der Waals surface area (Å²) in [7, 11) is 0. The number of carbonyl (C=O) groups excluding carboxylic acids is 3. The van der Waals surface area contributed by atoms with Gasteiger partial charge in [0.2, 0.25) is 5.91 Å². The number of nitro benzene ring substituents is 1. The molecular weight excluding hydrogens is 364 g/mol. The Bertz CT molecular complexity index is 976. The van der Waals surface area contributed by atoms with Gasteiger partial charge in [-0.15, -0.1) is 0 Å². The fourth-order valence-electron chi connectivity index (χ4n) is 3.32. The number of nitrogens with zero attached hydrogens (tertiary/aromatic N) is 2. The van der Waals surface area contributed by atoms with Crippen molar-refractivity contribution in [2.45, 2.75) is 25.4 Å². The smallest absolute Gasteiger partial charge is 0.325 e. The molecule has 0 aliphatic carbocycles. The van der Waals surface area contributed by atoms with Crippen LogP contribution in [0.3, 0.4) is 0 Å². The van der Waals surface area contributed by atoms with E-state index in [2.05, 4.69) is 5.32 Å². The van der Waals surface area contributed by atoms with Crippen LogP contribution in [0.2, 0.25) is 0 Å². The number of nitrogens with one attached hydrogen (secondary N) is 1. The molecule has 1 aliphatic heterocycles. The van der Waals surface area contributed by atoms with Crippen molar-refractivity contribution in [2.24, 2.45) is 5.73 Å². The van der Waals surface area contributed by atoms with E-state index in [1.165, 1.54) is 12.1 Å². The molecule has 0 bridgehead atoms. The van der Waals surface area contributed by atoms with Crippen molar-refractivity contribution < 1.29 is 19.3 Å². The Morgan fingerprint density at radius 3 is 2.46 bits per heavy atom. The minimum atomic E-state index is -1.22. The van der Waals surface area contributed by atoms with Gasteiger partial charge in [-0.3, -0.25) is 24.6 Å². The third-order valence-electron chi connectivity index (χ3n) is 4.87. The zero-order chi connectivity index (χ0) is 20.5. The Kier molecular flexibility index (Phi) is 4.83. The molecule has 1 atom stereocenters. The minimum Gasteiger partial charge on any atom is -0.366 e. The third-order valence-corrected chi connectivity index (χ3v) is 4.87. The summed E-state index contributed by atoms with van der Waals surface area (Å²) in [6.07, 6.45) is 0.320. The highest BCUT2D eigenvalue weighted by Crippen LogP contribution is 2.34. The van der Waals surface area contributed by atoms with E-state index >= 15 is 0 Å². The maximum absolute atomic E-state index is 13.1. The molecule has 3 N–H and O–H groups in total. The van der Waals surface area contributed by atoms with Crippen LogP contribution in [0.25, 0.3) is 0 Å². The molecule has 9 heteroatoms. The van der Waals surface area contributed by atoms with Crippen molar-refractivity contribution in [3.8, 4) is 0 Å². The predicted molar refractivity (Wildman–Crippen MR) is 99.1 cm³/mol. The van der Waals surface area contributed by atoms with Crippen molar-refractivity contribution in [1.29, 1.82) is 0 Å². The highest BCUT2D eigenvalue weighted by molar-refractivity contribution is 6.07. The van der Waals surface area contributed by atoms with Crippen LogP contribution < -0.4 is 11.1 Å². The number of hydrogen-bond acceptors (Lipinski definition) is 5. The molecule has 1 heterocycles. The standard InChI is InChI=1S/C19H18N4O5/c1-2-19(14-6-4-3-5-7-14)17(25)22(18(26)21-19)11-13-9-8-12(16(20)24)10-15(13)23(27)28/h3-10H,2,11H2,1H3,(H2,20,24)(H,21,26). The van der Waals surface area contributed by atoms with Crippen molar-refractivity contribution in [2.75, 3.05) is 0 Å². The molecule has 9 nitrogen and oxygen atoms in total. The third kappa shape index (κ3) is 3.07. The van der Waals surface area contributed by atoms with Crippen LogP contribution in [0.15, 0.2) is 48.5 Å². The van der Waals surface area contributed by atoms with Crippen LogP contribution >= 0.6 is 0 Å². The molecule has 0 saturated carbocycles. The van der Waals surface area contributed by atoms with E-state index in [-0.39, 0.29) is 23.4 Å². The van der Waals surface area contributed by atoms with Crippen LogP contribution in [0.5, 0.6) is 0 Å². The number of rotatable bonds is 6. The van der Waals surface area contributed by atoms with Gasteiger partial charge in [0.15, 0.2) is 0 Å². The molecule has 0 spiro atoms. The van der Waals surface area contributed by atoms with Gasteiger partial charge < -0.3 is 11.1 Å². The van der Waals surface area contributed by atoms with Gasteiger partial charge in [0.1, 0.15) is 5.54 Å². The number of amides is 4. The molecule has 1 fully saturated rings. The molecule has 28 heavy (non-hydrogen) atoms. The monoisotopic (exact) mass is 382 g/mol. The molecule has 1 saturated heterocycles. The number of primary amides is 1. The van der Waals surface area contributed by atoms with E-state index in [1.54, 1.807) is 37.3 Å². The first kappa shape index (κ1) is 19.0. The average molecular weight is 382 g/mol. The summed E-state index contributed by atoms with van der Waals surface area (Å²) < 4.78 is 0. The zero-order valence-electron chi connectivity index (χ0n) is 15.0. The van der Waals surface area contributed by atoms with Gasteiger partial charge in [0.25, 0.3) is 11.6 Å². The molecule has 2 aromatic carbocycles. The summed E-state index contributed by atoms with van der Waals surface area (Å²) in [6.45, 7) is 1.48. The molecule has 2 aromatic rings. The summed E-state index contributed by atoms with van der Waals surface area (Å²) in [5.74, 6) is -1.29. The Morgan fingerprint density at radius 1 is 1.21 bits per heavy atom. The fourth-order valence-corrected chi connectivity index (χ4v) is 3.32. The second kappa shape index (κ2) is 7.10. The van der Waals surface area contributed by atoms with Crippen LogP contribution in [-0.2, 0) is 16.9 Å². The van der Waals surface area contributed by atoms with Crippen LogP contribution in [0, 0.1) is 10.1 Å². The van der Waals surface area contributed by atoms with E-state index < -0.39 is 28.3 Å². The first-order chi connectivity index (χ1) is 13.3. The Balaban J connectivity index is 1.98. The molecule has 144 valence electrons. The number of urea groups is 1. The second-order valence-corrected chi connectivity index (χ2v) is 6.41. The Labute approximate surface area is 160 Å². The largest absolute Gasteiger partial charge is 0.366 e. The normalized spacial score (nSPS) is 18.8. The first-order valence-corrected chi connectivity index (χ1v) is 8.57. The molecule has 0 aromatic heterocycles. The van der Waals surface area contributed by atoms with Gasteiger partial charge in [0, 0.05) is 17.2 Å². The topological polar surface area (TPSA) is 136 Å². The van der Waals surface area contributed by atoms with E-state index in [4.69, 9.17) is 5.73 Å². The predicted octanol–water partition coefficient (Wildman–Crippen LogP) is 2.05. The van der Waals surface area contributed by atoms with E-state index in [0.717, 1.165) is 11.0 Å². The number of imide groups is 1. The van der Waals surface area contributed by atoms with Crippen LogP contribution in [-0.4, -0.2) is 27.7 Å². The molecular formula is C19H18N4O5. The van der Waals surface area contributed by atoms with Gasteiger partial charge in [-0.2, -0.15) is 0 Å². The molecule has 1 unspecified atom stereocenters. The maximum Gasteiger partial charge on any atom is 0.325 e. The summed E-state index contributed by atoms with van der Waals surface area (Å²) in [5.41, 5.74) is 4.29. The minimum absolute atomic E-state index is 0.0279. The summed E-state index contributed by atoms with van der Waals surface area (Å²) >= 11 is 0. The molecule has 0 radical (unpaired) electrons. The summed E-state index contributed by atoms with van der Waals surface area (Å²) in [6, 6.07) is 11.9. The molecule has 3 rings (SSSR count). The maximum atomic E-state index is 13.1.